The van der Waals surface area contributed by atoms with Crippen LogP contribution in [-0.2, 0) is 0 Å². The van der Waals surface area contributed by atoms with Crippen LogP contribution in [0.1, 0.15) is 16.1 Å². The third kappa shape index (κ3) is 4.45. The molecule has 6 heteroatoms. The Morgan fingerprint density at radius 3 is 3.00 bits per heavy atom. The quantitative estimate of drug-likeness (QED) is 0.479. The van der Waals surface area contributed by atoms with Gasteiger partial charge in [-0.2, -0.15) is 5.10 Å². The summed E-state index contributed by atoms with van der Waals surface area (Å²) in [6.07, 6.45) is 6.48. The lowest BCUT2D eigenvalue weighted by Gasteiger charge is -2.05. The fourth-order valence-corrected chi connectivity index (χ4v) is 2.08. The summed E-state index contributed by atoms with van der Waals surface area (Å²) in [5.74, 6) is 1.08. The van der Waals surface area contributed by atoms with Gasteiger partial charge in [-0.1, -0.05) is 0 Å². The lowest BCUT2D eigenvalue weighted by molar-refractivity contribution is 0.0955. The van der Waals surface area contributed by atoms with Crippen LogP contribution in [0, 0.1) is 3.57 Å². The van der Waals surface area contributed by atoms with Crippen LogP contribution in [0.3, 0.4) is 0 Å². The van der Waals surface area contributed by atoms with Crippen LogP contribution >= 0.6 is 22.6 Å². The van der Waals surface area contributed by atoms with Crippen molar-refractivity contribution in [2.45, 2.75) is 0 Å². The molecule has 0 spiro atoms. The van der Waals surface area contributed by atoms with E-state index in [1.54, 1.807) is 43.7 Å². The summed E-state index contributed by atoms with van der Waals surface area (Å²) < 4.78 is 11.2. The van der Waals surface area contributed by atoms with Gasteiger partial charge < -0.3 is 9.15 Å². The van der Waals surface area contributed by atoms with Gasteiger partial charge in [-0.25, -0.2) is 5.43 Å². The number of hydrazone groups is 1. The van der Waals surface area contributed by atoms with E-state index in [-0.39, 0.29) is 5.91 Å². The van der Waals surface area contributed by atoms with Gasteiger partial charge in [0.05, 0.1) is 16.9 Å². The number of nitrogens with one attached hydrogen (secondary N) is 1. The molecule has 0 aliphatic rings. The molecule has 1 heterocycles. The molecule has 1 amide bonds. The van der Waals surface area contributed by atoms with E-state index in [0.29, 0.717) is 11.3 Å². The van der Waals surface area contributed by atoms with E-state index in [0.717, 1.165) is 9.33 Å². The fourth-order valence-electron chi connectivity index (χ4n) is 1.53. The smallest absolute Gasteiger partial charge is 0.271 e. The second kappa shape index (κ2) is 7.63. The van der Waals surface area contributed by atoms with Crippen LogP contribution in [0.2, 0.25) is 0 Å². The first-order valence-corrected chi connectivity index (χ1v) is 7.15. The molecule has 2 aromatic rings. The minimum Gasteiger partial charge on any atom is -0.496 e. The average Bonchev–Trinajstić information content (AvgIpc) is 3.00. The van der Waals surface area contributed by atoms with Gasteiger partial charge in [0.1, 0.15) is 11.5 Å². The van der Waals surface area contributed by atoms with Gasteiger partial charge in [0.15, 0.2) is 0 Å². The third-order valence-corrected chi connectivity index (χ3v) is 3.43. The zero-order valence-electron chi connectivity index (χ0n) is 11.2. The maximum absolute atomic E-state index is 11.9. The predicted octanol–water partition coefficient (Wildman–Crippen LogP) is 3.32. The molecule has 2 rings (SSSR count). The Balaban J connectivity index is 1.92. The van der Waals surface area contributed by atoms with Gasteiger partial charge in [-0.05, 0) is 65.1 Å². The van der Waals surface area contributed by atoms with Crippen LogP contribution in [-0.4, -0.2) is 19.2 Å². The summed E-state index contributed by atoms with van der Waals surface area (Å²) in [5.41, 5.74) is 2.93. The number of benzene rings is 1. The number of amides is 1. The number of methoxy groups -OCH3 is 1. The Morgan fingerprint density at radius 2 is 2.29 bits per heavy atom. The Bertz CT molecular complexity index is 664. The molecular weight excluding hydrogens is 383 g/mol. The molecule has 0 aliphatic carbocycles. The fraction of sp³-hybridized carbons (Fsp3) is 0.0667. The van der Waals surface area contributed by atoms with Gasteiger partial charge in [0, 0.05) is 11.8 Å². The van der Waals surface area contributed by atoms with E-state index in [1.165, 1.54) is 6.21 Å². The molecule has 0 aliphatic heterocycles. The highest BCUT2D eigenvalue weighted by Crippen LogP contribution is 2.21. The minimum absolute atomic E-state index is 0.299. The van der Waals surface area contributed by atoms with Crippen molar-refractivity contribution in [3.63, 3.8) is 0 Å². The molecule has 0 bridgehead atoms. The van der Waals surface area contributed by atoms with Crippen LogP contribution in [0.5, 0.6) is 5.75 Å². The molecule has 0 saturated heterocycles. The summed E-state index contributed by atoms with van der Waals surface area (Å²) in [4.78, 5) is 11.9. The molecule has 0 atom stereocenters. The van der Waals surface area contributed by atoms with Gasteiger partial charge in [0.25, 0.3) is 5.91 Å². The molecule has 21 heavy (non-hydrogen) atoms. The lowest BCUT2D eigenvalue weighted by atomic mass is 10.2. The second-order valence-electron chi connectivity index (χ2n) is 3.94. The van der Waals surface area contributed by atoms with Crippen LogP contribution < -0.4 is 10.2 Å². The summed E-state index contributed by atoms with van der Waals surface area (Å²) in [6.45, 7) is 0. The molecule has 5 nitrogen and oxygen atoms in total. The van der Waals surface area contributed by atoms with E-state index in [1.807, 2.05) is 12.1 Å². The number of allylic oxidation sites excluding steroid dienone is 1. The zero-order chi connectivity index (χ0) is 15.1. The van der Waals surface area contributed by atoms with Gasteiger partial charge in [-0.3, -0.25) is 4.79 Å². The normalized spacial score (nSPS) is 11.1. The van der Waals surface area contributed by atoms with Gasteiger partial charge >= 0.3 is 0 Å². The first-order valence-electron chi connectivity index (χ1n) is 6.08. The van der Waals surface area contributed by atoms with Crippen molar-refractivity contribution in [1.82, 2.24) is 5.43 Å². The van der Waals surface area contributed by atoms with Crippen molar-refractivity contribution >= 4 is 40.8 Å². The van der Waals surface area contributed by atoms with Gasteiger partial charge in [-0.15, -0.1) is 0 Å². The highest BCUT2D eigenvalue weighted by molar-refractivity contribution is 14.1. The summed E-state index contributed by atoms with van der Waals surface area (Å²) >= 11 is 2.14. The number of carbonyl (C=O) groups is 1. The van der Waals surface area contributed by atoms with Crippen LogP contribution in [0.15, 0.2) is 52.2 Å². The standard InChI is InChI=1S/C15H13IN2O3/c1-20-14-10-11(6-7-13(14)16)15(19)18-17-8-2-4-12-5-3-9-21-12/h2-10H,1H3,(H,18,19). The Morgan fingerprint density at radius 1 is 1.43 bits per heavy atom. The van der Waals surface area contributed by atoms with E-state index in [9.17, 15) is 4.79 Å². The topological polar surface area (TPSA) is 63.8 Å². The second-order valence-corrected chi connectivity index (χ2v) is 5.11. The Kier molecular flexibility index (Phi) is 5.56. The van der Waals surface area contributed by atoms with Crippen molar-refractivity contribution in [3.05, 3.63) is 57.6 Å². The highest BCUT2D eigenvalue weighted by Gasteiger charge is 2.07. The zero-order valence-corrected chi connectivity index (χ0v) is 13.4. The molecule has 1 aromatic carbocycles. The number of hydrogen-bond acceptors (Lipinski definition) is 4. The SMILES string of the molecule is COc1cc(C(=O)NN=CC=Cc2ccco2)ccc1I. The van der Waals surface area contributed by atoms with E-state index in [4.69, 9.17) is 9.15 Å². The monoisotopic (exact) mass is 396 g/mol. The number of furan rings is 1. The number of carbonyl (C=O) groups excluding carboxylic acids is 1. The van der Waals surface area contributed by atoms with Crippen molar-refractivity contribution in [1.29, 1.82) is 0 Å². The summed E-state index contributed by atoms with van der Waals surface area (Å²) in [6, 6.07) is 8.82. The largest absolute Gasteiger partial charge is 0.496 e. The number of nitrogens with zero attached hydrogens (tertiary/aromatic N) is 1. The maximum Gasteiger partial charge on any atom is 0.271 e. The van der Waals surface area contributed by atoms with E-state index in [2.05, 4.69) is 33.1 Å². The van der Waals surface area contributed by atoms with E-state index >= 15 is 0 Å². The maximum atomic E-state index is 11.9. The minimum atomic E-state index is -0.299. The number of ether oxygens (including phenoxy) is 1. The van der Waals surface area contributed by atoms with Crippen molar-refractivity contribution in [2.24, 2.45) is 5.10 Å². The van der Waals surface area contributed by atoms with Crippen LogP contribution in [0.25, 0.3) is 6.08 Å². The third-order valence-electron chi connectivity index (χ3n) is 2.54. The van der Waals surface area contributed by atoms with E-state index < -0.39 is 0 Å². The lowest BCUT2D eigenvalue weighted by Crippen LogP contribution is -2.17. The molecule has 1 aromatic heterocycles. The van der Waals surface area contributed by atoms with Crippen molar-refractivity contribution in [2.75, 3.05) is 7.11 Å². The summed E-state index contributed by atoms with van der Waals surface area (Å²) in [7, 11) is 1.57. The first-order chi connectivity index (χ1) is 10.2. The molecule has 0 saturated carbocycles. The van der Waals surface area contributed by atoms with Crippen LogP contribution in [0.4, 0.5) is 0 Å². The number of rotatable bonds is 5. The molecule has 0 unspecified atom stereocenters. The highest BCUT2D eigenvalue weighted by atomic mass is 127. The molecule has 0 radical (unpaired) electrons. The van der Waals surface area contributed by atoms with Gasteiger partial charge in [0.2, 0.25) is 0 Å². The molecular formula is C15H13IN2O3. The first kappa shape index (κ1) is 15.3. The molecule has 1 N–H and O–H groups in total. The summed E-state index contributed by atoms with van der Waals surface area (Å²) in [5, 5.41) is 3.83. The predicted molar refractivity (Wildman–Crippen MR) is 89.4 cm³/mol. The Labute approximate surface area is 135 Å². The molecule has 0 fully saturated rings. The van der Waals surface area contributed by atoms with Crippen molar-refractivity contribution < 1.29 is 13.9 Å². The number of halogens is 1. The Hall–Kier alpha value is -2.09. The number of hydrogen-bond donors (Lipinski definition) is 1. The average molecular weight is 396 g/mol. The van der Waals surface area contributed by atoms with Crippen molar-refractivity contribution in [3.8, 4) is 5.75 Å². The molecule has 108 valence electrons.